The molecule has 0 N–H and O–H groups in total. The van der Waals surface area contributed by atoms with Crippen molar-refractivity contribution in [1.29, 1.82) is 0 Å². The van der Waals surface area contributed by atoms with E-state index in [0.29, 0.717) is 13.2 Å². The normalized spacial score (nSPS) is 11.8. The van der Waals surface area contributed by atoms with Crippen LogP contribution in [0.4, 0.5) is 0 Å². The first kappa shape index (κ1) is 21.1. The molecular formula is C18H26O7. The average molecular weight is 354 g/mol. The van der Waals surface area contributed by atoms with Gasteiger partial charge in [-0.15, -0.1) is 0 Å². The molecule has 1 aromatic carbocycles. The van der Waals surface area contributed by atoms with Gasteiger partial charge >= 0.3 is 11.9 Å². The minimum atomic E-state index is -0.349. The van der Waals surface area contributed by atoms with Crippen molar-refractivity contribution in [3.63, 3.8) is 0 Å². The first-order valence-corrected chi connectivity index (χ1v) is 8.15. The van der Waals surface area contributed by atoms with E-state index in [4.69, 9.17) is 23.7 Å². The van der Waals surface area contributed by atoms with Crippen LogP contribution in [0.3, 0.4) is 0 Å². The first-order valence-electron chi connectivity index (χ1n) is 8.15. The standard InChI is InChI=1S/C18H26O7/c1-15(19)23-9-8-21-13-18(25-11-10-24-16(2)20)14-22-12-17-6-4-3-5-7-17/h3-7,18H,8-14H2,1-2H3. The lowest BCUT2D eigenvalue weighted by Gasteiger charge is -2.18. The minimum absolute atomic E-state index is 0.179. The molecule has 0 heterocycles. The molecule has 0 amide bonds. The molecule has 0 saturated carbocycles. The van der Waals surface area contributed by atoms with Crippen LogP contribution in [0.25, 0.3) is 0 Å². The number of carbonyl (C=O) groups is 2. The SMILES string of the molecule is CC(=O)OCCOCC(COCc1ccccc1)OCCOC(C)=O. The number of hydrogen-bond acceptors (Lipinski definition) is 7. The number of benzene rings is 1. The van der Waals surface area contributed by atoms with Gasteiger partial charge in [-0.3, -0.25) is 9.59 Å². The van der Waals surface area contributed by atoms with Gasteiger partial charge in [0.05, 0.1) is 33.0 Å². The maximum absolute atomic E-state index is 10.7. The minimum Gasteiger partial charge on any atom is -0.463 e. The van der Waals surface area contributed by atoms with Gasteiger partial charge in [-0.2, -0.15) is 0 Å². The zero-order valence-corrected chi connectivity index (χ0v) is 14.8. The van der Waals surface area contributed by atoms with Crippen LogP contribution < -0.4 is 0 Å². The second kappa shape index (κ2) is 13.3. The molecule has 7 nitrogen and oxygen atoms in total. The molecule has 1 rings (SSSR count). The Kier molecular flexibility index (Phi) is 11.3. The summed E-state index contributed by atoms with van der Waals surface area (Å²) in [5, 5.41) is 0. The maximum atomic E-state index is 10.7. The van der Waals surface area contributed by atoms with Crippen molar-refractivity contribution >= 4 is 11.9 Å². The Labute approximate surface area is 148 Å². The van der Waals surface area contributed by atoms with Crippen LogP contribution in [0.15, 0.2) is 30.3 Å². The number of hydrogen-bond donors (Lipinski definition) is 0. The summed E-state index contributed by atoms with van der Waals surface area (Å²) >= 11 is 0. The number of rotatable bonds is 13. The Morgan fingerprint density at radius 1 is 0.840 bits per heavy atom. The van der Waals surface area contributed by atoms with Crippen molar-refractivity contribution in [2.75, 3.05) is 39.6 Å². The lowest BCUT2D eigenvalue weighted by atomic mass is 10.2. The number of esters is 2. The van der Waals surface area contributed by atoms with Crippen LogP contribution in [-0.4, -0.2) is 57.7 Å². The smallest absolute Gasteiger partial charge is 0.302 e. The van der Waals surface area contributed by atoms with Crippen LogP contribution in [0.2, 0.25) is 0 Å². The average Bonchev–Trinajstić information content (AvgIpc) is 2.58. The Balaban J connectivity index is 2.27. The summed E-state index contributed by atoms with van der Waals surface area (Å²) in [6.45, 7) is 4.69. The van der Waals surface area contributed by atoms with Crippen molar-refractivity contribution in [1.82, 2.24) is 0 Å². The van der Waals surface area contributed by atoms with Crippen LogP contribution in [0.1, 0.15) is 19.4 Å². The molecule has 0 aliphatic carbocycles. The summed E-state index contributed by atoms with van der Waals surface area (Å²) in [4.78, 5) is 21.4. The van der Waals surface area contributed by atoms with E-state index in [0.717, 1.165) is 5.56 Å². The second-order valence-corrected chi connectivity index (χ2v) is 5.25. The molecule has 0 fully saturated rings. The van der Waals surface area contributed by atoms with Crippen molar-refractivity contribution in [2.45, 2.75) is 26.6 Å². The lowest BCUT2D eigenvalue weighted by Crippen LogP contribution is -2.28. The molecular weight excluding hydrogens is 328 g/mol. The monoisotopic (exact) mass is 354 g/mol. The van der Waals surface area contributed by atoms with E-state index < -0.39 is 0 Å². The molecule has 7 heteroatoms. The second-order valence-electron chi connectivity index (χ2n) is 5.25. The highest BCUT2D eigenvalue weighted by molar-refractivity contribution is 5.66. The number of carbonyl (C=O) groups excluding carboxylic acids is 2. The van der Waals surface area contributed by atoms with Gasteiger partial charge in [-0.1, -0.05) is 30.3 Å². The van der Waals surface area contributed by atoms with Gasteiger partial charge in [0.2, 0.25) is 0 Å². The van der Waals surface area contributed by atoms with E-state index in [2.05, 4.69) is 0 Å². The summed E-state index contributed by atoms with van der Waals surface area (Å²) in [7, 11) is 0. The fraction of sp³-hybridized carbons (Fsp3) is 0.556. The Bertz CT molecular complexity index is 489. The molecule has 0 aromatic heterocycles. The fourth-order valence-electron chi connectivity index (χ4n) is 1.89. The lowest BCUT2D eigenvalue weighted by molar-refractivity contribution is -0.146. The third kappa shape index (κ3) is 12.1. The summed E-state index contributed by atoms with van der Waals surface area (Å²) in [5.41, 5.74) is 1.07. The zero-order valence-electron chi connectivity index (χ0n) is 14.8. The Hall–Kier alpha value is -1.96. The highest BCUT2D eigenvalue weighted by atomic mass is 16.6. The first-order chi connectivity index (χ1) is 12.1. The zero-order chi connectivity index (χ0) is 18.3. The molecule has 0 bridgehead atoms. The van der Waals surface area contributed by atoms with Gasteiger partial charge in [0.1, 0.15) is 19.3 Å². The topological polar surface area (TPSA) is 80.3 Å². The number of ether oxygens (including phenoxy) is 5. The molecule has 0 aliphatic rings. The maximum Gasteiger partial charge on any atom is 0.302 e. The predicted molar refractivity (Wildman–Crippen MR) is 89.9 cm³/mol. The quantitative estimate of drug-likeness (QED) is 0.394. The van der Waals surface area contributed by atoms with Crippen molar-refractivity contribution in [2.24, 2.45) is 0 Å². The molecule has 0 spiro atoms. The van der Waals surface area contributed by atoms with E-state index in [1.165, 1.54) is 13.8 Å². The van der Waals surface area contributed by atoms with Gasteiger partial charge in [0.25, 0.3) is 0 Å². The Morgan fingerprint density at radius 3 is 2.08 bits per heavy atom. The molecule has 1 unspecified atom stereocenters. The predicted octanol–water partition coefficient (Wildman–Crippen LogP) is 1.73. The van der Waals surface area contributed by atoms with E-state index in [-0.39, 0.29) is 51.1 Å². The summed E-state index contributed by atoms with van der Waals surface area (Å²) in [6.07, 6.45) is -0.309. The van der Waals surface area contributed by atoms with Crippen LogP contribution in [-0.2, 0) is 39.9 Å². The van der Waals surface area contributed by atoms with Crippen molar-refractivity contribution < 1.29 is 33.3 Å². The molecule has 1 aromatic rings. The highest BCUT2D eigenvalue weighted by Gasteiger charge is 2.11. The summed E-state index contributed by atoms with van der Waals surface area (Å²) < 4.78 is 26.3. The van der Waals surface area contributed by atoms with Crippen LogP contribution >= 0.6 is 0 Å². The van der Waals surface area contributed by atoms with Gasteiger partial charge in [0.15, 0.2) is 0 Å². The molecule has 25 heavy (non-hydrogen) atoms. The van der Waals surface area contributed by atoms with E-state index in [1.807, 2.05) is 30.3 Å². The largest absolute Gasteiger partial charge is 0.463 e. The molecule has 0 aliphatic heterocycles. The molecule has 0 radical (unpaired) electrons. The van der Waals surface area contributed by atoms with Crippen LogP contribution in [0, 0.1) is 0 Å². The third-order valence-electron chi connectivity index (χ3n) is 2.99. The highest BCUT2D eigenvalue weighted by Crippen LogP contribution is 2.03. The summed E-state index contributed by atoms with van der Waals surface area (Å²) in [5.74, 6) is -0.693. The molecule has 0 saturated heterocycles. The van der Waals surface area contributed by atoms with Gasteiger partial charge in [-0.05, 0) is 5.56 Å². The van der Waals surface area contributed by atoms with Crippen molar-refractivity contribution in [3.8, 4) is 0 Å². The summed E-state index contributed by atoms with van der Waals surface area (Å²) in [6, 6.07) is 9.80. The van der Waals surface area contributed by atoms with E-state index in [1.54, 1.807) is 0 Å². The van der Waals surface area contributed by atoms with Crippen LogP contribution in [0.5, 0.6) is 0 Å². The van der Waals surface area contributed by atoms with Gasteiger partial charge < -0.3 is 23.7 Å². The van der Waals surface area contributed by atoms with Crippen molar-refractivity contribution in [3.05, 3.63) is 35.9 Å². The third-order valence-corrected chi connectivity index (χ3v) is 2.99. The molecule has 140 valence electrons. The molecule has 1 atom stereocenters. The van der Waals surface area contributed by atoms with Gasteiger partial charge in [-0.25, -0.2) is 0 Å². The van der Waals surface area contributed by atoms with E-state index >= 15 is 0 Å². The van der Waals surface area contributed by atoms with Gasteiger partial charge in [0, 0.05) is 13.8 Å². The van der Waals surface area contributed by atoms with E-state index in [9.17, 15) is 9.59 Å². The fourth-order valence-corrected chi connectivity index (χ4v) is 1.89. The Morgan fingerprint density at radius 2 is 1.44 bits per heavy atom.